The van der Waals surface area contributed by atoms with Crippen molar-refractivity contribution in [3.8, 4) is 0 Å². The van der Waals surface area contributed by atoms with Crippen molar-refractivity contribution in [1.29, 1.82) is 0 Å². The number of amides is 1. The molecule has 1 saturated heterocycles. The molecule has 1 aliphatic rings. The Hall–Kier alpha value is -2.54. The molecule has 3 aromatic rings. The number of hydrogen-bond acceptors (Lipinski definition) is 6. The van der Waals surface area contributed by atoms with Crippen LogP contribution in [0.15, 0.2) is 30.3 Å². The predicted molar refractivity (Wildman–Crippen MR) is 136 cm³/mol. The molecule has 1 aromatic carbocycles. The second kappa shape index (κ2) is 9.75. The zero-order chi connectivity index (χ0) is 23.6. The fraction of sp³-hybridized carbons (Fsp3) is 0.538. The van der Waals surface area contributed by atoms with Gasteiger partial charge in [0.25, 0.3) is 0 Å². The molecule has 0 aliphatic carbocycles. The molecule has 0 atom stereocenters. The van der Waals surface area contributed by atoms with Gasteiger partial charge in [0.15, 0.2) is 0 Å². The van der Waals surface area contributed by atoms with Gasteiger partial charge >= 0.3 is 0 Å². The van der Waals surface area contributed by atoms with E-state index in [0.717, 1.165) is 66.9 Å². The number of para-hydroxylation sites is 1. The Morgan fingerprint density at radius 1 is 1.06 bits per heavy atom. The second-order valence-corrected chi connectivity index (χ2v) is 10.5. The fourth-order valence-electron chi connectivity index (χ4n) is 4.63. The first kappa shape index (κ1) is 23.6. The van der Waals surface area contributed by atoms with Crippen LogP contribution in [0.5, 0.6) is 0 Å². The maximum absolute atomic E-state index is 13.8. The standard InChI is InChI=1S/C26H35N5OS/c1-6-26(7-2,17-23-28-20-10-8-9-11-21(20)33-23)25(32)31-14-12-30(13-15-31)22-16-19(5)27-24(29-22)18(3)4/h8-11,16,18H,6-7,12-15,17H2,1-5H3. The molecule has 0 spiro atoms. The largest absolute Gasteiger partial charge is 0.353 e. The molecule has 0 saturated carbocycles. The van der Waals surface area contributed by atoms with Gasteiger partial charge in [-0.25, -0.2) is 15.0 Å². The van der Waals surface area contributed by atoms with E-state index in [1.165, 1.54) is 4.70 Å². The molecule has 0 N–H and O–H groups in total. The SMILES string of the molecule is CCC(CC)(Cc1nc2ccccc2s1)C(=O)N1CCN(c2cc(C)nc(C(C)C)n2)CC1. The Morgan fingerprint density at radius 2 is 1.76 bits per heavy atom. The Labute approximate surface area is 201 Å². The van der Waals surface area contributed by atoms with Crippen molar-refractivity contribution in [2.75, 3.05) is 31.1 Å². The van der Waals surface area contributed by atoms with Crippen molar-refractivity contribution in [2.45, 2.75) is 59.8 Å². The van der Waals surface area contributed by atoms with Crippen LogP contribution in [0.3, 0.4) is 0 Å². The van der Waals surface area contributed by atoms with E-state index in [4.69, 9.17) is 9.97 Å². The number of benzene rings is 1. The summed E-state index contributed by atoms with van der Waals surface area (Å²) in [6, 6.07) is 10.3. The number of piperazine rings is 1. The van der Waals surface area contributed by atoms with E-state index in [1.54, 1.807) is 11.3 Å². The van der Waals surface area contributed by atoms with Gasteiger partial charge in [0.1, 0.15) is 11.6 Å². The number of rotatable bonds is 7. The number of anilines is 1. The third kappa shape index (κ3) is 4.88. The van der Waals surface area contributed by atoms with Crippen molar-refractivity contribution in [1.82, 2.24) is 19.9 Å². The van der Waals surface area contributed by atoms with Gasteiger partial charge in [-0.3, -0.25) is 4.79 Å². The number of aromatic nitrogens is 3. The monoisotopic (exact) mass is 465 g/mol. The summed E-state index contributed by atoms with van der Waals surface area (Å²) >= 11 is 1.72. The smallest absolute Gasteiger partial charge is 0.229 e. The average molecular weight is 466 g/mol. The molecule has 176 valence electrons. The first-order valence-corrected chi connectivity index (χ1v) is 12.9. The van der Waals surface area contributed by atoms with Crippen molar-refractivity contribution in [3.05, 3.63) is 46.9 Å². The third-order valence-electron chi connectivity index (χ3n) is 6.90. The second-order valence-electron chi connectivity index (χ2n) is 9.40. The Kier molecular flexibility index (Phi) is 6.98. The summed E-state index contributed by atoms with van der Waals surface area (Å²) in [5.74, 6) is 2.43. The molecule has 6 nitrogen and oxygen atoms in total. The molecule has 3 heterocycles. The first-order valence-electron chi connectivity index (χ1n) is 12.1. The highest BCUT2D eigenvalue weighted by molar-refractivity contribution is 7.18. The quantitative estimate of drug-likeness (QED) is 0.479. The van der Waals surface area contributed by atoms with Crippen LogP contribution < -0.4 is 4.90 Å². The van der Waals surface area contributed by atoms with Crippen LogP contribution in [-0.2, 0) is 11.2 Å². The van der Waals surface area contributed by atoms with E-state index in [2.05, 4.69) is 60.7 Å². The first-order chi connectivity index (χ1) is 15.8. The highest BCUT2D eigenvalue weighted by Gasteiger charge is 2.40. The highest BCUT2D eigenvalue weighted by atomic mass is 32.1. The lowest BCUT2D eigenvalue weighted by Crippen LogP contribution is -2.54. The number of nitrogens with zero attached hydrogens (tertiary/aromatic N) is 5. The van der Waals surface area contributed by atoms with Crippen LogP contribution in [0.2, 0.25) is 0 Å². The molecule has 2 aromatic heterocycles. The molecule has 7 heteroatoms. The normalized spacial score (nSPS) is 15.0. The van der Waals surface area contributed by atoms with Crippen molar-refractivity contribution in [3.63, 3.8) is 0 Å². The Balaban J connectivity index is 1.47. The molecule has 1 amide bonds. The van der Waals surface area contributed by atoms with E-state index < -0.39 is 5.41 Å². The molecule has 0 unspecified atom stereocenters. The molecule has 33 heavy (non-hydrogen) atoms. The fourth-order valence-corrected chi connectivity index (χ4v) is 5.74. The molecular weight excluding hydrogens is 430 g/mol. The average Bonchev–Trinajstić information content (AvgIpc) is 3.24. The summed E-state index contributed by atoms with van der Waals surface area (Å²) in [5, 5.41) is 1.06. The van der Waals surface area contributed by atoms with Gasteiger partial charge in [-0.2, -0.15) is 0 Å². The Bertz CT molecular complexity index is 1080. The van der Waals surface area contributed by atoms with E-state index in [0.29, 0.717) is 12.3 Å². The lowest BCUT2D eigenvalue weighted by molar-refractivity contribution is -0.143. The summed E-state index contributed by atoms with van der Waals surface area (Å²) in [6.45, 7) is 13.6. The number of carbonyl (C=O) groups excluding carboxylic acids is 1. The van der Waals surface area contributed by atoms with Gasteiger partial charge in [-0.1, -0.05) is 39.8 Å². The van der Waals surface area contributed by atoms with E-state index in [-0.39, 0.29) is 5.91 Å². The van der Waals surface area contributed by atoms with Gasteiger partial charge in [0, 0.05) is 50.3 Å². The van der Waals surface area contributed by atoms with Crippen LogP contribution in [-0.4, -0.2) is 51.9 Å². The van der Waals surface area contributed by atoms with E-state index in [9.17, 15) is 4.79 Å². The molecule has 4 rings (SSSR count). The van der Waals surface area contributed by atoms with Crippen LogP contribution in [0, 0.1) is 12.3 Å². The van der Waals surface area contributed by atoms with Gasteiger partial charge in [-0.15, -0.1) is 11.3 Å². The van der Waals surface area contributed by atoms with Gasteiger partial charge in [0.2, 0.25) is 5.91 Å². The van der Waals surface area contributed by atoms with Crippen molar-refractivity contribution < 1.29 is 4.79 Å². The van der Waals surface area contributed by atoms with Gasteiger partial charge in [-0.05, 0) is 31.9 Å². The third-order valence-corrected chi connectivity index (χ3v) is 7.94. The zero-order valence-electron chi connectivity index (χ0n) is 20.5. The lowest BCUT2D eigenvalue weighted by Gasteiger charge is -2.41. The van der Waals surface area contributed by atoms with Crippen LogP contribution in [0.4, 0.5) is 5.82 Å². The number of thiazole rings is 1. The highest BCUT2D eigenvalue weighted by Crippen LogP contribution is 2.36. The molecule has 1 aliphatic heterocycles. The number of aryl methyl sites for hydroxylation is 1. The maximum Gasteiger partial charge on any atom is 0.229 e. The van der Waals surface area contributed by atoms with Crippen LogP contribution in [0.1, 0.15) is 63.0 Å². The maximum atomic E-state index is 13.8. The van der Waals surface area contributed by atoms with E-state index >= 15 is 0 Å². The minimum absolute atomic E-state index is 0.271. The van der Waals surface area contributed by atoms with E-state index in [1.807, 2.05) is 19.1 Å². The van der Waals surface area contributed by atoms with Gasteiger partial charge in [0.05, 0.1) is 20.6 Å². The summed E-state index contributed by atoms with van der Waals surface area (Å²) in [5.41, 5.74) is 1.63. The zero-order valence-corrected chi connectivity index (χ0v) is 21.3. The number of fused-ring (bicyclic) bond motifs is 1. The van der Waals surface area contributed by atoms with Crippen molar-refractivity contribution >= 4 is 33.3 Å². The molecule has 1 fully saturated rings. The molecule has 0 radical (unpaired) electrons. The van der Waals surface area contributed by atoms with Gasteiger partial charge < -0.3 is 9.80 Å². The summed E-state index contributed by atoms with van der Waals surface area (Å²) in [4.78, 5) is 32.3. The summed E-state index contributed by atoms with van der Waals surface area (Å²) < 4.78 is 1.19. The molecular formula is C26H35N5OS. The van der Waals surface area contributed by atoms with Crippen LogP contribution in [0.25, 0.3) is 10.2 Å². The van der Waals surface area contributed by atoms with Crippen molar-refractivity contribution in [2.24, 2.45) is 5.41 Å². The minimum atomic E-state index is -0.396. The molecule has 0 bridgehead atoms. The summed E-state index contributed by atoms with van der Waals surface area (Å²) in [7, 11) is 0. The number of hydrogen-bond donors (Lipinski definition) is 0. The summed E-state index contributed by atoms with van der Waals surface area (Å²) in [6.07, 6.45) is 2.35. The lowest BCUT2D eigenvalue weighted by atomic mass is 9.77. The van der Waals surface area contributed by atoms with Crippen LogP contribution >= 0.6 is 11.3 Å². The Morgan fingerprint density at radius 3 is 2.39 bits per heavy atom. The minimum Gasteiger partial charge on any atom is -0.353 e. The topological polar surface area (TPSA) is 62.2 Å². The number of carbonyl (C=O) groups is 1. The predicted octanol–water partition coefficient (Wildman–Crippen LogP) is 5.22.